The summed E-state index contributed by atoms with van der Waals surface area (Å²) in [5.74, 6) is 0. The lowest BCUT2D eigenvalue weighted by atomic mass is 10.0. The number of sulfonamides is 1. The summed E-state index contributed by atoms with van der Waals surface area (Å²) in [5, 5.41) is 9.63. The standard InChI is InChI=1S/C12H16ClNO3S/c13-10-5-1-2-6-11(10)18(16,17)14-12(9-15)7-3-4-8-12/h1-2,5-6,14-15H,3-4,7-9H2. The number of nitrogens with one attached hydrogen (secondary N) is 1. The van der Waals surface area contributed by atoms with Crippen molar-refractivity contribution >= 4 is 21.6 Å². The van der Waals surface area contributed by atoms with Crippen LogP contribution in [0.25, 0.3) is 0 Å². The zero-order chi connectivity index (χ0) is 13.2. The average molecular weight is 290 g/mol. The molecule has 1 aliphatic rings. The Bertz CT molecular complexity index is 524. The molecule has 18 heavy (non-hydrogen) atoms. The van der Waals surface area contributed by atoms with E-state index in [0.29, 0.717) is 12.8 Å². The smallest absolute Gasteiger partial charge is 0.242 e. The van der Waals surface area contributed by atoms with E-state index in [0.717, 1.165) is 12.8 Å². The minimum Gasteiger partial charge on any atom is -0.394 e. The van der Waals surface area contributed by atoms with E-state index in [1.807, 2.05) is 0 Å². The average Bonchev–Trinajstić information content (AvgIpc) is 2.78. The lowest BCUT2D eigenvalue weighted by Gasteiger charge is -2.27. The lowest BCUT2D eigenvalue weighted by molar-refractivity contribution is 0.185. The van der Waals surface area contributed by atoms with Crippen molar-refractivity contribution in [3.05, 3.63) is 29.3 Å². The van der Waals surface area contributed by atoms with Crippen LogP contribution in [0.4, 0.5) is 0 Å². The van der Waals surface area contributed by atoms with Gasteiger partial charge in [0.2, 0.25) is 10.0 Å². The Morgan fingerprint density at radius 3 is 2.44 bits per heavy atom. The van der Waals surface area contributed by atoms with Crippen molar-refractivity contribution in [3.63, 3.8) is 0 Å². The number of aliphatic hydroxyl groups excluding tert-OH is 1. The minimum atomic E-state index is -3.69. The second kappa shape index (κ2) is 5.17. The van der Waals surface area contributed by atoms with Gasteiger partial charge < -0.3 is 5.11 Å². The van der Waals surface area contributed by atoms with Crippen molar-refractivity contribution in [2.75, 3.05) is 6.61 Å². The molecule has 1 aromatic carbocycles. The van der Waals surface area contributed by atoms with Gasteiger partial charge in [-0.1, -0.05) is 36.6 Å². The molecule has 100 valence electrons. The van der Waals surface area contributed by atoms with E-state index in [1.54, 1.807) is 12.1 Å². The maximum Gasteiger partial charge on any atom is 0.242 e. The maximum atomic E-state index is 12.3. The summed E-state index contributed by atoms with van der Waals surface area (Å²) in [6.07, 6.45) is 3.16. The molecular formula is C12H16ClNO3S. The lowest BCUT2D eigenvalue weighted by Crippen LogP contribution is -2.49. The van der Waals surface area contributed by atoms with Crippen LogP contribution >= 0.6 is 11.6 Å². The van der Waals surface area contributed by atoms with E-state index in [1.165, 1.54) is 12.1 Å². The fraction of sp³-hybridized carbons (Fsp3) is 0.500. The van der Waals surface area contributed by atoms with Crippen molar-refractivity contribution in [1.82, 2.24) is 4.72 Å². The van der Waals surface area contributed by atoms with Crippen molar-refractivity contribution in [1.29, 1.82) is 0 Å². The first-order valence-corrected chi connectivity index (χ1v) is 7.75. The van der Waals surface area contributed by atoms with Crippen molar-refractivity contribution in [3.8, 4) is 0 Å². The minimum absolute atomic E-state index is 0.0615. The number of hydrogen-bond donors (Lipinski definition) is 2. The van der Waals surface area contributed by atoms with Gasteiger partial charge in [-0.25, -0.2) is 13.1 Å². The molecule has 1 aliphatic carbocycles. The SMILES string of the molecule is O=S(=O)(NC1(CO)CCCC1)c1ccccc1Cl. The Labute approximate surface area is 112 Å². The van der Waals surface area contributed by atoms with Gasteiger partial charge in [0.05, 0.1) is 17.2 Å². The monoisotopic (exact) mass is 289 g/mol. The van der Waals surface area contributed by atoms with Gasteiger partial charge in [0.25, 0.3) is 0 Å². The van der Waals surface area contributed by atoms with E-state index in [-0.39, 0.29) is 16.5 Å². The first kappa shape index (κ1) is 13.8. The molecule has 2 rings (SSSR count). The third-order valence-electron chi connectivity index (χ3n) is 3.34. The highest BCUT2D eigenvalue weighted by molar-refractivity contribution is 7.89. The molecule has 0 amide bonds. The Kier molecular flexibility index (Phi) is 3.96. The third kappa shape index (κ3) is 2.69. The van der Waals surface area contributed by atoms with E-state index in [9.17, 15) is 13.5 Å². The molecule has 1 aromatic rings. The van der Waals surface area contributed by atoms with Gasteiger partial charge in [0.15, 0.2) is 0 Å². The fourth-order valence-corrected chi connectivity index (χ4v) is 4.32. The van der Waals surface area contributed by atoms with Gasteiger partial charge in [-0.05, 0) is 25.0 Å². The van der Waals surface area contributed by atoms with Gasteiger partial charge in [-0.3, -0.25) is 0 Å². The van der Waals surface area contributed by atoms with Crippen molar-refractivity contribution < 1.29 is 13.5 Å². The molecule has 1 saturated carbocycles. The zero-order valence-electron chi connectivity index (χ0n) is 9.89. The van der Waals surface area contributed by atoms with Gasteiger partial charge in [0, 0.05) is 0 Å². The van der Waals surface area contributed by atoms with E-state index >= 15 is 0 Å². The molecule has 0 saturated heterocycles. The molecule has 0 atom stereocenters. The number of halogens is 1. The molecule has 0 bridgehead atoms. The topological polar surface area (TPSA) is 66.4 Å². The molecule has 0 aliphatic heterocycles. The van der Waals surface area contributed by atoms with Gasteiger partial charge in [0.1, 0.15) is 4.90 Å². The number of rotatable bonds is 4. The molecule has 2 N–H and O–H groups in total. The highest BCUT2D eigenvalue weighted by Crippen LogP contribution is 2.31. The molecular weight excluding hydrogens is 274 g/mol. The van der Waals surface area contributed by atoms with Crippen molar-refractivity contribution in [2.24, 2.45) is 0 Å². The Morgan fingerprint density at radius 2 is 1.89 bits per heavy atom. The van der Waals surface area contributed by atoms with Crippen LogP contribution in [0.2, 0.25) is 5.02 Å². The summed E-state index contributed by atoms with van der Waals surface area (Å²) in [6.45, 7) is -0.184. The quantitative estimate of drug-likeness (QED) is 0.890. The molecule has 0 heterocycles. The number of benzene rings is 1. The summed E-state index contributed by atoms with van der Waals surface area (Å²) < 4.78 is 27.1. The van der Waals surface area contributed by atoms with Crippen LogP contribution in [0.3, 0.4) is 0 Å². The van der Waals surface area contributed by atoms with E-state index in [4.69, 9.17) is 11.6 Å². The van der Waals surface area contributed by atoms with Crippen LogP contribution in [0.15, 0.2) is 29.2 Å². The van der Waals surface area contributed by atoms with Crippen LogP contribution in [0, 0.1) is 0 Å². The molecule has 0 aromatic heterocycles. The van der Waals surface area contributed by atoms with Crippen LogP contribution < -0.4 is 4.72 Å². The normalized spacial score (nSPS) is 19.0. The Balaban J connectivity index is 2.30. The molecule has 0 unspecified atom stereocenters. The summed E-state index contributed by atoms with van der Waals surface area (Å²) in [7, 11) is -3.69. The number of hydrogen-bond acceptors (Lipinski definition) is 3. The molecule has 4 nitrogen and oxygen atoms in total. The van der Waals surface area contributed by atoms with Crippen LogP contribution in [-0.2, 0) is 10.0 Å². The van der Waals surface area contributed by atoms with Gasteiger partial charge >= 0.3 is 0 Å². The van der Waals surface area contributed by atoms with Crippen LogP contribution in [0.1, 0.15) is 25.7 Å². The highest BCUT2D eigenvalue weighted by Gasteiger charge is 2.37. The predicted octanol–water partition coefficient (Wildman–Crippen LogP) is 1.92. The van der Waals surface area contributed by atoms with Crippen LogP contribution in [-0.4, -0.2) is 25.7 Å². The molecule has 0 radical (unpaired) electrons. The zero-order valence-corrected chi connectivity index (χ0v) is 11.5. The second-order valence-corrected chi connectivity index (χ2v) is 6.74. The fourth-order valence-electron chi connectivity index (χ4n) is 2.35. The highest BCUT2D eigenvalue weighted by atomic mass is 35.5. The predicted molar refractivity (Wildman–Crippen MR) is 70.1 cm³/mol. The van der Waals surface area contributed by atoms with Gasteiger partial charge in [-0.2, -0.15) is 0 Å². The summed E-state index contributed by atoms with van der Waals surface area (Å²) in [4.78, 5) is 0.0615. The second-order valence-electron chi connectivity index (χ2n) is 4.68. The first-order chi connectivity index (χ1) is 8.49. The first-order valence-electron chi connectivity index (χ1n) is 5.88. The third-order valence-corrected chi connectivity index (χ3v) is 5.42. The summed E-state index contributed by atoms with van der Waals surface area (Å²) in [5.41, 5.74) is -0.724. The summed E-state index contributed by atoms with van der Waals surface area (Å²) >= 11 is 5.90. The molecule has 0 spiro atoms. The molecule has 1 fully saturated rings. The van der Waals surface area contributed by atoms with E-state index in [2.05, 4.69) is 4.72 Å². The summed E-state index contributed by atoms with van der Waals surface area (Å²) in [6, 6.07) is 6.31. The van der Waals surface area contributed by atoms with Crippen molar-refractivity contribution in [2.45, 2.75) is 36.1 Å². The number of aliphatic hydroxyl groups is 1. The Morgan fingerprint density at radius 1 is 1.28 bits per heavy atom. The van der Waals surface area contributed by atoms with Gasteiger partial charge in [-0.15, -0.1) is 0 Å². The maximum absolute atomic E-state index is 12.3. The Hall–Kier alpha value is -0.620. The van der Waals surface area contributed by atoms with Crippen LogP contribution in [0.5, 0.6) is 0 Å². The largest absolute Gasteiger partial charge is 0.394 e. The molecule has 6 heteroatoms. The van der Waals surface area contributed by atoms with E-state index < -0.39 is 15.6 Å².